The van der Waals surface area contributed by atoms with Crippen molar-refractivity contribution >= 4 is 5.91 Å². The Morgan fingerprint density at radius 2 is 1.65 bits per heavy atom. The fraction of sp³-hybridized carbons (Fsp3) is 0.941. The monoisotopic (exact) mass is 278 g/mol. The average Bonchev–Trinajstić information content (AvgIpc) is 2.54. The van der Waals surface area contributed by atoms with Gasteiger partial charge in [-0.3, -0.25) is 4.79 Å². The van der Waals surface area contributed by atoms with Crippen molar-refractivity contribution in [1.82, 2.24) is 4.90 Å². The first-order valence-electron chi connectivity index (χ1n) is 8.80. The van der Waals surface area contributed by atoms with Gasteiger partial charge < -0.3 is 10.6 Å². The maximum absolute atomic E-state index is 12.9. The van der Waals surface area contributed by atoms with E-state index in [1.54, 1.807) is 0 Å². The van der Waals surface area contributed by atoms with E-state index in [9.17, 15) is 4.79 Å². The van der Waals surface area contributed by atoms with Gasteiger partial charge in [0.1, 0.15) is 0 Å². The van der Waals surface area contributed by atoms with Gasteiger partial charge in [0.15, 0.2) is 0 Å². The van der Waals surface area contributed by atoms with E-state index in [0.29, 0.717) is 23.8 Å². The van der Waals surface area contributed by atoms with Crippen molar-refractivity contribution in [2.24, 2.45) is 23.5 Å². The molecule has 114 valence electrons. The van der Waals surface area contributed by atoms with E-state index in [4.69, 9.17) is 5.73 Å². The molecule has 2 atom stereocenters. The van der Waals surface area contributed by atoms with E-state index >= 15 is 0 Å². The van der Waals surface area contributed by atoms with Crippen LogP contribution in [0.2, 0.25) is 0 Å². The molecular weight excluding hydrogens is 248 g/mol. The van der Waals surface area contributed by atoms with E-state index in [-0.39, 0.29) is 0 Å². The molecule has 1 saturated heterocycles. The van der Waals surface area contributed by atoms with Crippen molar-refractivity contribution in [1.29, 1.82) is 0 Å². The van der Waals surface area contributed by atoms with Crippen LogP contribution in [0.25, 0.3) is 0 Å². The molecule has 2 aliphatic carbocycles. The molecule has 0 bridgehead atoms. The van der Waals surface area contributed by atoms with Crippen LogP contribution in [-0.2, 0) is 4.79 Å². The highest BCUT2D eigenvalue weighted by atomic mass is 16.2. The van der Waals surface area contributed by atoms with Crippen molar-refractivity contribution in [3.05, 3.63) is 0 Å². The molecule has 1 heterocycles. The lowest BCUT2D eigenvalue weighted by molar-refractivity contribution is -0.143. The molecular formula is C17H30N2O. The molecule has 2 N–H and O–H groups in total. The van der Waals surface area contributed by atoms with Crippen LogP contribution < -0.4 is 5.73 Å². The summed E-state index contributed by atoms with van der Waals surface area (Å²) in [6.07, 6.45) is 12.4. The molecule has 20 heavy (non-hydrogen) atoms. The van der Waals surface area contributed by atoms with Crippen molar-refractivity contribution in [3.8, 4) is 0 Å². The molecule has 0 spiro atoms. The Bertz CT molecular complexity index is 334. The molecule has 2 saturated carbocycles. The summed E-state index contributed by atoms with van der Waals surface area (Å²) >= 11 is 0. The summed E-state index contributed by atoms with van der Waals surface area (Å²) in [7, 11) is 0. The minimum atomic E-state index is 0.304. The Labute approximate surface area is 123 Å². The highest BCUT2D eigenvalue weighted by Crippen LogP contribution is 2.37. The maximum atomic E-state index is 12.9. The van der Waals surface area contributed by atoms with Gasteiger partial charge in [-0.05, 0) is 69.7 Å². The second kappa shape index (κ2) is 6.46. The normalized spacial score (nSPS) is 38.4. The van der Waals surface area contributed by atoms with E-state index < -0.39 is 0 Å². The number of hydrogen-bond donors (Lipinski definition) is 1. The van der Waals surface area contributed by atoms with E-state index in [0.717, 1.165) is 44.7 Å². The van der Waals surface area contributed by atoms with Crippen molar-refractivity contribution in [2.75, 3.05) is 13.1 Å². The number of piperidine rings is 1. The Morgan fingerprint density at radius 1 is 0.950 bits per heavy atom. The zero-order valence-electron chi connectivity index (χ0n) is 12.7. The number of carbonyl (C=O) groups is 1. The van der Waals surface area contributed by atoms with Gasteiger partial charge in [-0.25, -0.2) is 0 Å². The third kappa shape index (κ3) is 2.88. The summed E-state index contributed by atoms with van der Waals surface area (Å²) in [5.41, 5.74) is 5.76. The minimum absolute atomic E-state index is 0.304. The molecule has 0 radical (unpaired) electrons. The summed E-state index contributed by atoms with van der Waals surface area (Å²) in [6.45, 7) is 1.83. The van der Waals surface area contributed by atoms with Gasteiger partial charge >= 0.3 is 0 Å². The van der Waals surface area contributed by atoms with E-state index in [2.05, 4.69) is 4.90 Å². The largest absolute Gasteiger partial charge is 0.339 e. The summed E-state index contributed by atoms with van der Waals surface area (Å²) in [5.74, 6) is 2.26. The smallest absolute Gasteiger partial charge is 0.225 e. The number of fused-ring (bicyclic) bond motifs is 1. The number of nitrogens with two attached hydrogens (primary N) is 1. The minimum Gasteiger partial charge on any atom is -0.339 e. The Hall–Kier alpha value is -0.570. The molecule has 0 aromatic rings. The SMILES string of the molecule is NCC1CCC(C(=O)N2CCC[C@H]3CCCC[C@H]32)CC1. The standard InChI is InChI=1S/C17H30N2O/c18-12-13-7-9-15(10-8-13)17(20)19-11-3-5-14-4-1-2-6-16(14)19/h13-16H,1-12,18H2/t13?,14-,15?,16-/m1/s1. The Morgan fingerprint density at radius 3 is 2.40 bits per heavy atom. The lowest BCUT2D eigenvalue weighted by atomic mass is 9.76. The molecule has 3 aliphatic rings. The van der Waals surface area contributed by atoms with Crippen LogP contribution in [0.4, 0.5) is 0 Å². The Kier molecular flexibility index (Phi) is 4.65. The molecule has 3 rings (SSSR count). The van der Waals surface area contributed by atoms with Gasteiger partial charge in [0, 0.05) is 18.5 Å². The topological polar surface area (TPSA) is 46.3 Å². The highest BCUT2D eigenvalue weighted by Gasteiger charge is 2.38. The van der Waals surface area contributed by atoms with Crippen LogP contribution >= 0.6 is 0 Å². The fourth-order valence-electron chi connectivity index (χ4n) is 4.78. The van der Waals surface area contributed by atoms with Gasteiger partial charge in [-0.2, -0.15) is 0 Å². The van der Waals surface area contributed by atoms with Crippen LogP contribution in [-0.4, -0.2) is 29.9 Å². The van der Waals surface area contributed by atoms with Gasteiger partial charge in [0.25, 0.3) is 0 Å². The first kappa shape index (κ1) is 14.4. The van der Waals surface area contributed by atoms with Crippen molar-refractivity contribution in [3.63, 3.8) is 0 Å². The van der Waals surface area contributed by atoms with Crippen molar-refractivity contribution < 1.29 is 4.79 Å². The third-order valence-corrected chi connectivity index (χ3v) is 6.06. The zero-order chi connectivity index (χ0) is 13.9. The zero-order valence-corrected chi connectivity index (χ0v) is 12.7. The van der Waals surface area contributed by atoms with Gasteiger partial charge in [0.2, 0.25) is 5.91 Å². The summed E-state index contributed by atoms with van der Waals surface area (Å²) < 4.78 is 0. The van der Waals surface area contributed by atoms with Crippen LogP contribution in [0, 0.1) is 17.8 Å². The Balaban J connectivity index is 1.61. The predicted octanol–water partition coefficient (Wildman–Crippen LogP) is 2.93. The molecule has 1 aliphatic heterocycles. The van der Waals surface area contributed by atoms with Gasteiger partial charge in [-0.1, -0.05) is 12.8 Å². The second-order valence-corrected chi connectivity index (χ2v) is 7.24. The molecule has 1 amide bonds. The fourth-order valence-corrected chi connectivity index (χ4v) is 4.78. The molecule has 3 heteroatoms. The molecule has 0 unspecified atom stereocenters. The molecule has 0 aromatic heterocycles. The van der Waals surface area contributed by atoms with Gasteiger partial charge in [0.05, 0.1) is 0 Å². The van der Waals surface area contributed by atoms with Crippen LogP contribution in [0.3, 0.4) is 0 Å². The first-order chi connectivity index (χ1) is 9.79. The summed E-state index contributed by atoms with van der Waals surface area (Å²) in [4.78, 5) is 15.2. The number of rotatable bonds is 2. The van der Waals surface area contributed by atoms with Crippen LogP contribution in [0.15, 0.2) is 0 Å². The number of carbonyl (C=O) groups excluding carboxylic acids is 1. The average molecular weight is 278 g/mol. The molecule has 3 nitrogen and oxygen atoms in total. The number of likely N-dealkylation sites (tertiary alicyclic amines) is 1. The maximum Gasteiger partial charge on any atom is 0.225 e. The molecule has 3 fully saturated rings. The number of nitrogens with zero attached hydrogens (tertiary/aromatic N) is 1. The van der Waals surface area contributed by atoms with Crippen molar-refractivity contribution in [2.45, 2.75) is 70.3 Å². The summed E-state index contributed by atoms with van der Waals surface area (Å²) in [6, 6.07) is 0.581. The first-order valence-corrected chi connectivity index (χ1v) is 8.80. The molecule has 0 aromatic carbocycles. The van der Waals surface area contributed by atoms with Gasteiger partial charge in [-0.15, -0.1) is 0 Å². The van der Waals surface area contributed by atoms with Crippen LogP contribution in [0.1, 0.15) is 64.2 Å². The van der Waals surface area contributed by atoms with Crippen LogP contribution in [0.5, 0.6) is 0 Å². The third-order valence-electron chi connectivity index (χ3n) is 6.06. The number of amides is 1. The quantitative estimate of drug-likeness (QED) is 0.844. The summed E-state index contributed by atoms with van der Waals surface area (Å²) in [5, 5.41) is 0. The van der Waals surface area contributed by atoms with E-state index in [1.807, 2.05) is 0 Å². The lowest BCUT2D eigenvalue weighted by Crippen LogP contribution is -2.51. The number of hydrogen-bond acceptors (Lipinski definition) is 2. The van der Waals surface area contributed by atoms with E-state index in [1.165, 1.54) is 38.5 Å². The second-order valence-electron chi connectivity index (χ2n) is 7.24. The lowest BCUT2D eigenvalue weighted by Gasteiger charge is -2.45. The predicted molar refractivity (Wildman–Crippen MR) is 81.2 cm³/mol. The highest BCUT2D eigenvalue weighted by molar-refractivity contribution is 5.79.